The highest BCUT2D eigenvalue weighted by Crippen LogP contribution is 2.30. The van der Waals surface area contributed by atoms with Crippen molar-refractivity contribution < 1.29 is 19.0 Å². The fourth-order valence-electron chi connectivity index (χ4n) is 5.07. The topological polar surface area (TPSA) is 60.0 Å². The first-order valence-electron chi connectivity index (χ1n) is 13.3. The zero-order valence-electron chi connectivity index (χ0n) is 21.6. The van der Waals surface area contributed by atoms with Crippen LogP contribution in [-0.4, -0.2) is 43.7 Å². The van der Waals surface area contributed by atoms with Crippen molar-refractivity contribution in [3.63, 3.8) is 0 Å². The summed E-state index contributed by atoms with van der Waals surface area (Å²) in [6, 6.07) is 22.7. The van der Waals surface area contributed by atoms with Gasteiger partial charge in [0.1, 0.15) is 30.5 Å². The third-order valence-electron chi connectivity index (χ3n) is 7.15. The maximum atomic E-state index is 11.6. The third kappa shape index (κ3) is 6.83. The van der Waals surface area contributed by atoms with E-state index in [0.717, 1.165) is 54.4 Å². The van der Waals surface area contributed by atoms with Crippen LogP contribution in [-0.2, 0) is 24.4 Å². The number of carbonyl (C=O) groups is 1. The molecule has 1 unspecified atom stereocenters. The zero-order chi connectivity index (χ0) is 25.5. The summed E-state index contributed by atoms with van der Waals surface area (Å²) in [5.41, 5.74) is 4.58. The van der Waals surface area contributed by atoms with Crippen LogP contribution in [0.4, 0.5) is 0 Å². The van der Waals surface area contributed by atoms with Crippen LogP contribution < -0.4 is 19.5 Å². The van der Waals surface area contributed by atoms with Gasteiger partial charge in [0.15, 0.2) is 0 Å². The number of benzene rings is 3. The van der Waals surface area contributed by atoms with Crippen LogP contribution in [0.2, 0.25) is 0 Å². The number of nitrogens with zero attached hydrogens (tertiary/aromatic N) is 1. The second kappa shape index (κ2) is 12.2. The van der Waals surface area contributed by atoms with E-state index < -0.39 is 0 Å². The molecule has 6 heteroatoms. The molecule has 2 saturated heterocycles. The minimum absolute atomic E-state index is 0.0409. The van der Waals surface area contributed by atoms with Gasteiger partial charge in [-0.3, -0.25) is 9.69 Å². The monoisotopic (exact) mass is 500 g/mol. The Morgan fingerprint density at radius 1 is 0.892 bits per heavy atom. The summed E-state index contributed by atoms with van der Waals surface area (Å²) in [5, 5.41) is 2.99. The quantitative estimate of drug-likeness (QED) is 0.396. The predicted octanol–water partition coefficient (Wildman–Crippen LogP) is 5.12. The van der Waals surface area contributed by atoms with Gasteiger partial charge >= 0.3 is 0 Å². The van der Waals surface area contributed by atoms with Crippen LogP contribution in [0.3, 0.4) is 0 Å². The number of hydrogen-bond acceptors (Lipinski definition) is 5. The molecule has 0 saturated carbocycles. The first kappa shape index (κ1) is 25.2. The molecule has 0 radical (unpaired) electrons. The minimum atomic E-state index is 0.0409. The van der Waals surface area contributed by atoms with E-state index in [0.29, 0.717) is 26.1 Å². The van der Waals surface area contributed by atoms with Crippen molar-refractivity contribution in [1.82, 2.24) is 10.2 Å². The average molecular weight is 501 g/mol. The average Bonchev–Trinajstić information content (AvgIpc) is 3.60. The molecule has 3 aromatic rings. The zero-order valence-corrected chi connectivity index (χ0v) is 21.6. The first-order chi connectivity index (χ1) is 18.2. The van der Waals surface area contributed by atoms with Gasteiger partial charge in [-0.1, -0.05) is 48.5 Å². The molecule has 2 fully saturated rings. The Bertz CT molecular complexity index is 1190. The van der Waals surface area contributed by atoms with Crippen molar-refractivity contribution in [1.29, 1.82) is 0 Å². The van der Waals surface area contributed by atoms with Crippen molar-refractivity contribution in [2.24, 2.45) is 0 Å². The Balaban J connectivity index is 1.32. The third-order valence-corrected chi connectivity index (χ3v) is 7.15. The lowest BCUT2D eigenvalue weighted by molar-refractivity contribution is -0.119. The van der Waals surface area contributed by atoms with E-state index in [9.17, 15) is 4.79 Å². The Hall–Kier alpha value is -3.51. The lowest BCUT2D eigenvalue weighted by Crippen LogP contribution is -2.31. The first-order valence-corrected chi connectivity index (χ1v) is 13.3. The maximum absolute atomic E-state index is 11.6. The van der Waals surface area contributed by atoms with E-state index >= 15 is 0 Å². The van der Waals surface area contributed by atoms with Crippen LogP contribution in [0.5, 0.6) is 17.2 Å². The second-order valence-corrected chi connectivity index (χ2v) is 9.96. The van der Waals surface area contributed by atoms with Crippen LogP contribution in [0.25, 0.3) is 0 Å². The molecular formula is C31H36N2O4. The molecule has 0 aliphatic carbocycles. The van der Waals surface area contributed by atoms with E-state index in [-0.39, 0.29) is 11.9 Å². The molecule has 6 nitrogen and oxygen atoms in total. The van der Waals surface area contributed by atoms with Crippen molar-refractivity contribution in [3.05, 3.63) is 89.0 Å². The highest BCUT2D eigenvalue weighted by Gasteiger charge is 2.22. The van der Waals surface area contributed by atoms with E-state index in [2.05, 4.69) is 46.6 Å². The summed E-state index contributed by atoms with van der Waals surface area (Å²) >= 11 is 0. The molecule has 194 valence electrons. The summed E-state index contributed by atoms with van der Waals surface area (Å²) in [4.78, 5) is 14.1. The lowest BCUT2D eigenvalue weighted by atomic mass is 10.0. The number of amides is 1. The van der Waals surface area contributed by atoms with Crippen molar-refractivity contribution in [3.8, 4) is 17.2 Å². The summed E-state index contributed by atoms with van der Waals surface area (Å²) in [5.74, 6) is 2.57. The van der Waals surface area contributed by atoms with Gasteiger partial charge in [-0.05, 0) is 61.2 Å². The molecule has 1 N–H and O–H groups in total. The number of carbonyl (C=O) groups excluding carboxylic acids is 1. The Labute approximate surface area is 219 Å². The van der Waals surface area contributed by atoms with Crippen LogP contribution >= 0.6 is 0 Å². The molecule has 3 aromatic carbocycles. The molecule has 5 rings (SSSR count). The fourth-order valence-corrected chi connectivity index (χ4v) is 5.07. The second-order valence-electron chi connectivity index (χ2n) is 9.96. The van der Waals surface area contributed by atoms with Crippen molar-refractivity contribution >= 4 is 5.91 Å². The number of likely N-dealkylation sites (tertiary alicyclic amines) is 1. The minimum Gasteiger partial charge on any atom is -0.496 e. The molecule has 2 aliphatic rings. The normalized spacial score (nSPS) is 17.5. The summed E-state index contributed by atoms with van der Waals surface area (Å²) in [6.45, 7) is 4.18. The summed E-state index contributed by atoms with van der Waals surface area (Å²) in [7, 11) is 1.75. The number of hydrogen-bond donors (Lipinski definition) is 1. The number of nitrogens with one attached hydrogen (secondary N) is 1. The molecule has 0 bridgehead atoms. The van der Waals surface area contributed by atoms with Gasteiger partial charge in [-0.2, -0.15) is 0 Å². The summed E-state index contributed by atoms with van der Waals surface area (Å²) in [6.07, 6.45) is 4.63. The largest absolute Gasteiger partial charge is 0.496 e. The van der Waals surface area contributed by atoms with Gasteiger partial charge in [0, 0.05) is 31.0 Å². The van der Waals surface area contributed by atoms with Crippen molar-refractivity contribution in [2.45, 2.75) is 51.3 Å². The molecule has 2 heterocycles. The van der Waals surface area contributed by atoms with Gasteiger partial charge in [-0.25, -0.2) is 0 Å². The van der Waals surface area contributed by atoms with E-state index in [1.807, 2.05) is 30.3 Å². The Morgan fingerprint density at radius 3 is 2.46 bits per heavy atom. The number of methoxy groups -OCH3 is 1. The molecule has 0 aromatic heterocycles. The van der Waals surface area contributed by atoms with Gasteiger partial charge in [-0.15, -0.1) is 0 Å². The van der Waals surface area contributed by atoms with Crippen LogP contribution in [0.1, 0.15) is 47.9 Å². The van der Waals surface area contributed by atoms with Gasteiger partial charge in [0.25, 0.3) is 0 Å². The SMILES string of the molecule is COc1cc(Cc2ccc(OCc3ccccc3)cc2OCC2CCC(=O)N2)ccc1CN1CCCC1. The Kier molecular flexibility index (Phi) is 8.26. The molecule has 2 aliphatic heterocycles. The summed E-state index contributed by atoms with van der Waals surface area (Å²) < 4.78 is 18.1. The lowest BCUT2D eigenvalue weighted by Gasteiger charge is -2.19. The highest BCUT2D eigenvalue weighted by molar-refractivity contribution is 5.78. The Morgan fingerprint density at radius 2 is 1.70 bits per heavy atom. The molecule has 37 heavy (non-hydrogen) atoms. The number of ether oxygens (including phenoxy) is 3. The fraction of sp³-hybridized carbons (Fsp3) is 0.387. The van der Waals surface area contributed by atoms with Gasteiger partial charge in [0.05, 0.1) is 13.2 Å². The van der Waals surface area contributed by atoms with E-state index in [1.165, 1.54) is 24.0 Å². The standard InChI is InChI=1S/C31H36N2O4/c1-35-29-18-24(9-10-26(29)20-33-15-5-6-16-33)17-25-11-13-28(36-21-23-7-3-2-4-8-23)19-30(25)37-22-27-12-14-31(34)32-27/h2-4,7-11,13,18-19,27H,5-6,12,14-17,20-22H2,1H3,(H,32,34). The van der Waals surface area contributed by atoms with E-state index in [4.69, 9.17) is 14.2 Å². The van der Waals surface area contributed by atoms with Gasteiger partial charge < -0.3 is 19.5 Å². The number of rotatable bonds is 11. The smallest absolute Gasteiger partial charge is 0.220 e. The highest BCUT2D eigenvalue weighted by atomic mass is 16.5. The molecule has 0 spiro atoms. The van der Waals surface area contributed by atoms with Crippen LogP contribution in [0, 0.1) is 0 Å². The molecule has 1 amide bonds. The predicted molar refractivity (Wildman–Crippen MR) is 144 cm³/mol. The van der Waals surface area contributed by atoms with Crippen molar-refractivity contribution in [2.75, 3.05) is 26.8 Å². The molecule has 1 atom stereocenters. The van der Waals surface area contributed by atoms with E-state index in [1.54, 1.807) is 7.11 Å². The van der Waals surface area contributed by atoms with Gasteiger partial charge in [0.2, 0.25) is 5.91 Å². The maximum Gasteiger partial charge on any atom is 0.220 e. The molecular weight excluding hydrogens is 464 g/mol. The van der Waals surface area contributed by atoms with Crippen LogP contribution in [0.15, 0.2) is 66.7 Å².